The number of amides is 2. The molecule has 0 bridgehead atoms. The number of rotatable bonds is 7. The Kier molecular flexibility index (Phi) is 6.33. The van der Waals surface area contributed by atoms with Crippen molar-refractivity contribution < 1.29 is 14.3 Å². The van der Waals surface area contributed by atoms with Crippen molar-refractivity contribution in [3.63, 3.8) is 0 Å². The van der Waals surface area contributed by atoms with Gasteiger partial charge in [-0.15, -0.1) is 0 Å². The number of pyridine rings is 1. The summed E-state index contributed by atoms with van der Waals surface area (Å²) in [7, 11) is 0. The average Bonchev–Trinajstić information content (AvgIpc) is 2.61. The molecule has 0 unspecified atom stereocenters. The standard InChI is InChI=1S/C20H25N3O3/c1-14(2)26-17-10-6-5-9-16(17)23-19(25)20(3,4)18(24)22-13-15-8-7-11-21-12-15/h5-12,14H,13H2,1-4H3,(H,22,24)(H,23,25). The molecule has 0 aliphatic carbocycles. The minimum Gasteiger partial charge on any atom is -0.489 e. The minimum atomic E-state index is -1.24. The first-order valence-electron chi connectivity index (χ1n) is 8.55. The van der Waals surface area contributed by atoms with Crippen LogP contribution in [0.4, 0.5) is 5.69 Å². The molecule has 2 N–H and O–H groups in total. The Balaban J connectivity index is 2.04. The molecule has 1 aromatic heterocycles. The fraction of sp³-hybridized carbons (Fsp3) is 0.350. The number of benzene rings is 1. The monoisotopic (exact) mass is 355 g/mol. The van der Waals surface area contributed by atoms with E-state index in [0.29, 0.717) is 18.0 Å². The van der Waals surface area contributed by atoms with Gasteiger partial charge in [0.1, 0.15) is 11.2 Å². The van der Waals surface area contributed by atoms with Gasteiger partial charge < -0.3 is 15.4 Å². The maximum Gasteiger partial charge on any atom is 0.239 e. The number of nitrogens with one attached hydrogen (secondary N) is 2. The summed E-state index contributed by atoms with van der Waals surface area (Å²) in [6.07, 6.45) is 3.32. The largest absolute Gasteiger partial charge is 0.489 e. The molecule has 2 rings (SSSR count). The van der Waals surface area contributed by atoms with Gasteiger partial charge >= 0.3 is 0 Å². The lowest BCUT2D eigenvalue weighted by Crippen LogP contribution is -2.44. The zero-order chi connectivity index (χ0) is 19.2. The number of hydrogen-bond acceptors (Lipinski definition) is 4. The maximum absolute atomic E-state index is 12.7. The Morgan fingerprint density at radius 3 is 2.50 bits per heavy atom. The van der Waals surface area contributed by atoms with Crippen LogP contribution in [0.1, 0.15) is 33.3 Å². The molecule has 2 aromatic rings. The van der Waals surface area contributed by atoms with Gasteiger partial charge in [0, 0.05) is 18.9 Å². The summed E-state index contributed by atoms with van der Waals surface area (Å²) in [4.78, 5) is 29.2. The lowest BCUT2D eigenvalue weighted by atomic mass is 9.90. The molecule has 0 saturated carbocycles. The maximum atomic E-state index is 12.7. The molecule has 0 atom stereocenters. The van der Waals surface area contributed by atoms with Gasteiger partial charge in [0.15, 0.2) is 0 Å². The summed E-state index contributed by atoms with van der Waals surface area (Å²) in [6, 6.07) is 10.8. The molecule has 0 aliphatic heterocycles. The first kappa shape index (κ1) is 19.4. The second-order valence-electron chi connectivity index (χ2n) is 6.79. The van der Waals surface area contributed by atoms with E-state index in [9.17, 15) is 9.59 Å². The Morgan fingerprint density at radius 2 is 1.85 bits per heavy atom. The molecule has 0 saturated heterocycles. The Bertz CT molecular complexity index is 758. The summed E-state index contributed by atoms with van der Waals surface area (Å²) in [5, 5.41) is 5.58. The second-order valence-corrected chi connectivity index (χ2v) is 6.79. The molecule has 6 nitrogen and oxygen atoms in total. The summed E-state index contributed by atoms with van der Waals surface area (Å²) >= 11 is 0. The third-order valence-corrected chi connectivity index (χ3v) is 3.81. The Morgan fingerprint density at radius 1 is 1.12 bits per heavy atom. The molecule has 0 fully saturated rings. The molecule has 26 heavy (non-hydrogen) atoms. The second kappa shape index (κ2) is 8.47. The van der Waals surface area contributed by atoms with E-state index in [2.05, 4.69) is 15.6 Å². The van der Waals surface area contributed by atoms with Crippen LogP contribution in [0.5, 0.6) is 5.75 Å². The van der Waals surface area contributed by atoms with Gasteiger partial charge in [-0.3, -0.25) is 14.6 Å². The van der Waals surface area contributed by atoms with Crippen molar-refractivity contribution >= 4 is 17.5 Å². The van der Waals surface area contributed by atoms with Crippen LogP contribution in [0, 0.1) is 5.41 Å². The Labute approximate surface area is 154 Å². The predicted molar refractivity (Wildman–Crippen MR) is 101 cm³/mol. The van der Waals surface area contributed by atoms with E-state index in [4.69, 9.17) is 4.74 Å². The van der Waals surface area contributed by atoms with E-state index < -0.39 is 11.3 Å². The van der Waals surface area contributed by atoms with Crippen molar-refractivity contribution in [2.75, 3.05) is 5.32 Å². The normalized spacial score (nSPS) is 11.1. The van der Waals surface area contributed by atoms with Gasteiger partial charge in [-0.05, 0) is 51.5 Å². The van der Waals surface area contributed by atoms with E-state index in [1.165, 1.54) is 0 Å². The number of carbonyl (C=O) groups excluding carboxylic acids is 2. The van der Waals surface area contributed by atoms with Crippen LogP contribution in [-0.4, -0.2) is 22.9 Å². The molecule has 138 valence electrons. The van der Waals surface area contributed by atoms with Gasteiger partial charge in [-0.25, -0.2) is 0 Å². The molecular formula is C20H25N3O3. The summed E-state index contributed by atoms with van der Waals surface area (Å²) in [5.74, 6) is -0.190. The van der Waals surface area contributed by atoms with E-state index in [-0.39, 0.29) is 12.0 Å². The number of nitrogens with zero attached hydrogens (tertiary/aromatic N) is 1. The third-order valence-electron chi connectivity index (χ3n) is 3.81. The highest BCUT2D eigenvalue weighted by atomic mass is 16.5. The van der Waals surface area contributed by atoms with Crippen LogP contribution in [0.15, 0.2) is 48.8 Å². The van der Waals surface area contributed by atoms with Gasteiger partial charge in [-0.1, -0.05) is 18.2 Å². The molecule has 0 aliphatic rings. The molecule has 1 heterocycles. The number of ether oxygens (including phenoxy) is 1. The van der Waals surface area contributed by atoms with Crippen LogP contribution in [0.2, 0.25) is 0 Å². The van der Waals surface area contributed by atoms with Crippen LogP contribution < -0.4 is 15.4 Å². The van der Waals surface area contributed by atoms with Crippen molar-refractivity contribution in [3.05, 3.63) is 54.4 Å². The summed E-state index contributed by atoms with van der Waals surface area (Å²) in [6.45, 7) is 7.32. The van der Waals surface area contributed by atoms with E-state index in [0.717, 1.165) is 5.56 Å². The van der Waals surface area contributed by atoms with Gasteiger partial charge in [0.2, 0.25) is 11.8 Å². The van der Waals surface area contributed by atoms with Crippen molar-refractivity contribution in [3.8, 4) is 5.75 Å². The van der Waals surface area contributed by atoms with Crippen molar-refractivity contribution in [1.82, 2.24) is 10.3 Å². The molecule has 0 spiro atoms. The van der Waals surface area contributed by atoms with E-state index in [1.54, 1.807) is 50.5 Å². The smallest absolute Gasteiger partial charge is 0.239 e. The highest BCUT2D eigenvalue weighted by molar-refractivity contribution is 6.10. The first-order valence-corrected chi connectivity index (χ1v) is 8.55. The van der Waals surface area contributed by atoms with Crippen molar-refractivity contribution in [2.45, 2.75) is 40.3 Å². The lowest BCUT2D eigenvalue weighted by molar-refractivity contribution is -0.138. The number of anilines is 1. The van der Waals surface area contributed by atoms with Crippen LogP contribution >= 0.6 is 0 Å². The fourth-order valence-corrected chi connectivity index (χ4v) is 2.21. The van der Waals surface area contributed by atoms with Crippen molar-refractivity contribution in [1.29, 1.82) is 0 Å². The number of para-hydroxylation sites is 2. The highest BCUT2D eigenvalue weighted by Crippen LogP contribution is 2.27. The lowest BCUT2D eigenvalue weighted by Gasteiger charge is -2.24. The van der Waals surface area contributed by atoms with Crippen LogP contribution in [0.25, 0.3) is 0 Å². The minimum absolute atomic E-state index is 0.0242. The topological polar surface area (TPSA) is 80.3 Å². The third kappa shape index (κ3) is 5.05. The quantitative estimate of drug-likeness (QED) is 0.748. The number of carbonyl (C=O) groups is 2. The summed E-state index contributed by atoms with van der Waals surface area (Å²) < 4.78 is 5.70. The molecule has 1 aromatic carbocycles. The van der Waals surface area contributed by atoms with Gasteiger partial charge in [-0.2, -0.15) is 0 Å². The highest BCUT2D eigenvalue weighted by Gasteiger charge is 2.36. The predicted octanol–water partition coefficient (Wildman–Crippen LogP) is 3.15. The fourth-order valence-electron chi connectivity index (χ4n) is 2.21. The molecule has 6 heteroatoms. The SMILES string of the molecule is CC(C)Oc1ccccc1NC(=O)C(C)(C)C(=O)NCc1cccnc1. The van der Waals surface area contributed by atoms with Crippen LogP contribution in [0.3, 0.4) is 0 Å². The van der Waals surface area contributed by atoms with Crippen LogP contribution in [-0.2, 0) is 16.1 Å². The Hall–Kier alpha value is -2.89. The zero-order valence-corrected chi connectivity index (χ0v) is 15.6. The first-order chi connectivity index (χ1) is 12.3. The number of hydrogen-bond donors (Lipinski definition) is 2. The average molecular weight is 355 g/mol. The van der Waals surface area contributed by atoms with Crippen molar-refractivity contribution in [2.24, 2.45) is 5.41 Å². The van der Waals surface area contributed by atoms with E-state index in [1.807, 2.05) is 26.0 Å². The van der Waals surface area contributed by atoms with Gasteiger partial charge in [0.05, 0.1) is 11.8 Å². The molecular weight excluding hydrogens is 330 g/mol. The van der Waals surface area contributed by atoms with E-state index >= 15 is 0 Å². The molecule has 0 radical (unpaired) electrons. The van der Waals surface area contributed by atoms with Gasteiger partial charge in [0.25, 0.3) is 0 Å². The molecule has 2 amide bonds. The number of aromatic nitrogens is 1. The summed E-state index contributed by atoms with van der Waals surface area (Å²) in [5.41, 5.74) is 0.166. The zero-order valence-electron chi connectivity index (χ0n) is 15.6.